The van der Waals surface area contributed by atoms with Crippen LogP contribution in [-0.2, 0) is 0 Å². The zero-order valence-electron chi connectivity index (χ0n) is 8.02. The van der Waals surface area contributed by atoms with Gasteiger partial charge in [-0.3, -0.25) is 10.1 Å². The van der Waals surface area contributed by atoms with Gasteiger partial charge in [-0.05, 0) is 18.9 Å². The molecule has 0 atom stereocenters. The van der Waals surface area contributed by atoms with E-state index in [1.165, 1.54) is 12.1 Å². The lowest BCUT2D eigenvalue weighted by Crippen LogP contribution is -1.95. The van der Waals surface area contributed by atoms with E-state index in [9.17, 15) is 10.1 Å². The summed E-state index contributed by atoms with van der Waals surface area (Å²) in [5, 5.41) is 18.7. The molecule has 1 aromatic heterocycles. The minimum atomic E-state index is -0.491. The van der Waals surface area contributed by atoms with E-state index < -0.39 is 4.92 Å². The van der Waals surface area contributed by atoms with Crippen molar-refractivity contribution in [2.75, 3.05) is 0 Å². The summed E-state index contributed by atoms with van der Waals surface area (Å²) < 4.78 is 0. The number of nitro groups is 1. The SMILES string of the molecule is Cc1nc(C#CCC#N)ccc1[N+](=O)[O-]. The van der Waals surface area contributed by atoms with Crippen LogP contribution in [0.4, 0.5) is 5.69 Å². The first-order chi connectivity index (χ1) is 7.15. The lowest BCUT2D eigenvalue weighted by atomic mass is 10.2. The maximum atomic E-state index is 10.5. The van der Waals surface area contributed by atoms with Gasteiger partial charge in [-0.2, -0.15) is 5.26 Å². The van der Waals surface area contributed by atoms with Gasteiger partial charge in [0, 0.05) is 6.07 Å². The smallest absolute Gasteiger partial charge is 0.258 e. The van der Waals surface area contributed by atoms with E-state index >= 15 is 0 Å². The number of nitrogens with zero attached hydrogens (tertiary/aromatic N) is 3. The maximum absolute atomic E-state index is 10.5. The van der Waals surface area contributed by atoms with Crippen molar-refractivity contribution in [3.8, 4) is 17.9 Å². The molecule has 0 aliphatic rings. The standard InChI is InChI=1S/C10H7N3O2/c1-8-10(13(14)15)6-5-9(12-8)4-2-3-7-11/h5-6H,3H2,1H3. The highest BCUT2D eigenvalue weighted by Gasteiger charge is 2.10. The Labute approximate surface area is 86.5 Å². The molecule has 1 aromatic rings. The molecule has 0 saturated heterocycles. The van der Waals surface area contributed by atoms with Crippen molar-refractivity contribution in [2.45, 2.75) is 13.3 Å². The van der Waals surface area contributed by atoms with Crippen LogP contribution in [0.25, 0.3) is 0 Å². The van der Waals surface area contributed by atoms with Crippen molar-refractivity contribution < 1.29 is 4.92 Å². The molecule has 0 aliphatic heterocycles. The summed E-state index contributed by atoms with van der Waals surface area (Å²) in [5.41, 5.74) is 0.734. The lowest BCUT2D eigenvalue weighted by Gasteiger charge is -1.95. The van der Waals surface area contributed by atoms with Gasteiger partial charge < -0.3 is 0 Å². The Morgan fingerprint density at radius 1 is 1.60 bits per heavy atom. The quantitative estimate of drug-likeness (QED) is 0.392. The average Bonchev–Trinajstić information content (AvgIpc) is 2.17. The number of hydrogen-bond acceptors (Lipinski definition) is 4. The summed E-state index contributed by atoms with van der Waals surface area (Å²) in [6.45, 7) is 1.55. The Morgan fingerprint density at radius 2 is 2.33 bits per heavy atom. The van der Waals surface area contributed by atoms with Crippen LogP contribution in [0.15, 0.2) is 12.1 Å². The van der Waals surface area contributed by atoms with E-state index in [2.05, 4.69) is 16.8 Å². The van der Waals surface area contributed by atoms with Crippen molar-refractivity contribution in [1.29, 1.82) is 5.26 Å². The molecule has 0 spiro atoms. The highest BCUT2D eigenvalue weighted by atomic mass is 16.6. The molecule has 0 aromatic carbocycles. The van der Waals surface area contributed by atoms with E-state index in [1.807, 2.05) is 6.07 Å². The molecule has 0 N–H and O–H groups in total. The Kier molecular flexibility index (Phi) is 3.37. The van der Waals surface area contributed by atoms with Gasteiger partial charge in [0.1, 0.15) is 11.4 Å². The molecule has 0 fully saturated rings. The van der Waals surface area contributed by atoms with Gasteiger partial charge >= 0.3 is 0 Å². The average molecular weight is 201 g/mol. The van der Waals surface area contributed by atoms with E-state index in [0.717, 1.165) is 0 Å². The van der Waals surface area contributed by atoms with Crippen LogP contribution in [0.3, 0.4) is 0 Å². The monoisotopic (exact) mass is 201 g/mol. The number of aryl methyl sites for hydroxylation is 1. The van der Waals surface area contributed by atoms with E-state index in [0.29, 0.717) is 11.4 Å². The van der Waals surface area contributed by atoms with Crippen molar-refractivity contribution in [3.63, 3.8) is 0 Å². The van der Waals surface area contributed by atoms with Crippen molar-refractivity contribution in [1.82, 2.24) is 4.98 Å². The first-order valence-electron chi connectivity index (χ1n) is 4.13. The minimum absolute atomic E-state index is 0.0270. The molecule has 1 heterocycles. The lowest BCUT2D eigenvalue weighted by molar-refractivity contribution is -0.385. The van der Waals surface area contributed by atoms with Gasteiger partial charge in [-0.15, -0.1) is 0 Å². The zero-order valence-corrected chi connectivity index (χ0v) is 8.02. The Balaban J connectivity index is 2.99. The number of pyridine rings is 1. The summed E-state index contributed by atoms with van der Waals surface area (Å²) in [4.78, 5) is 13.9. The normalized spacial score (nSPS) is 8.53. The summed E-state index contributed by atoms with van der Waals surface area (Å²) in [6, 6.07) is 4.70. The van der Waals surface area contributed by atoms with Gasteiger partial charge in [0.15, 0.2) is 0 Å². The van der Waals surface area contributed by atoms with Gasteiger partial charge in [0.25, 0.3) is 5.69 Å². The summed E-state index contributed by atoms with van der Waals surface area (Å²) >= 11 is 0. The Hall–Kier alpha value is -2.40. The molecule has 0 amide bonds. The second kappa shape index (κ2) is 4.73. The van der Waals surface area contributed by atoms with Crippen LogP contribution in [-0.4, -0.2) is 9.91 Å². The van der Waals surface area contributed by atoms with E-state index in [1.54, 1.807) is 6.92 Å². The van der Waals surface area contributed by atoms with Gasteiger partial charge in [-0.25, -0.2) is 4.98 Å². The van der Waals surface area contributed by atoms with E-state index in [4.69, 9.17) is 5.26 Å². The minimum Gasteiger partial charge on any atom is -0.258 e. The third-order valence-corrected chi connectivity index (χ3v) is 1.64. The third kappa shape index (κ3) is 2.78. The van der Waals surface area contributed by atoms with Crippen molar-refractivity contribution in [3.05, 3.63) is 33.6 Å². The van der Waals surface area contributed by atoms with Crippen LogP contribution in [0.2, 0.25) is 0 Å². The molecular weight excluding hydrogens is 194 g/mol. The number of rotatable bonds is 1. The molecular formula is C10H7N3O2. The topological polar surface area (TPSA) is 79.8 Å². The maximum Gasteiger partial charge on any atom is 0.290 e. The molecule has 5 nitrogen and oxygen atoms in total. The molecule has 0 bridgehead atoms. The van der Waals surface area contributed by atoms with Gasteiger partial charge in [0.05, 0.1) is 17.4 Å². The fourth-order valence-corrected chi connectivity index (χ4v) is 0.991. The summed E-state index contributed by atoms with van der Waals surface area (Å²) in [6.07, 6.45) is 0.123. The fraction of sp³-hybridized carbons (Fsp3) is 0.200. The summed E-state index contributed by atoms with van der Waals surface area (Å²) in [7, 11) is 0. The molecule has 0 aliphatic carbocycles. The molecule has 5 heteroatoms. The predicted molar refractivity (Wildman–Crippen MR) is 52.7 cm³/mol. The van der Waals surface area contributed by atoms with Crippen molar-refractivity contribution in [2.24, 2.45) is 0 Å². The highest BCUT2D eigenvalue weighted by molar-refractivity contribution is 5.40. The molecule has 1 rings (SSSR count). The molecule has 74 valence electrons. The largest absolute Gasteiger partial charge is 0.290 e. The Morgan fingerprint density at radius 3 is 2.87 bits per heavy atom. The number of nitriles is 1. The first-order valence-corrected chi connectivity index (χ1v) is 4.13. The highest BCUT2D eigenvalue weighted by Crippen LogP contribution is 2.14. The molecule has 0 radical (unpaired) electrons. The fourth-order valence-electron chi connectivity index (χ4n) is 0.991. The van der Waals surface area contributed by atoms with E-state index in [-0.39, 0.29) is 12.1 Å². The van der Waals surface area contributed by atoms with Gasteiger partial charge in [-0.1, -0.05) is 5.92 Å². The number of hydrogen-bond donors (Lipinski definition) is 0. The van der Waals surface area contributed by atoms with Crippen LogP contribution < -0.4 is 0 Å². The third-order valence-electron chi connectivity index (χ3n) is 1.64. The molecule has 0 saturated carbocycles. The first kappa shape index (κ1) is 10.7. The second-order valence-corrected chi connectivity index (χ2v) is 2.69. The molecule has 0 unspecified atom stereocenters. The zero-order chi connectivity index (χ0) is 11.3. The van der Waals surface area contributed by atoms with Crippen molar-refractivity contribution >= 4 is 5.69 Å². The second-order valence-electron chi connectivity index (χ2n) is 2.69. The van der Waals surface area contributed by atoms with Crippen LogP contribution in [0, 0.1) is 40.2 Å². The predicted octanol–water partition coefficient (Wildman–Crippen LogP) is 1.56. The Bertz CT molecular complexity index is 492. The van der Waals surface area contributed by atoms with Gasteiger partial charge in [0.2, 0.25) is 0 Å². The number of aromatic nitrogens is 1. The molecule has 15 heavy (non-hydrogen) atoms. The van der Waals surface area contributed by atoms with Crippen LogP contribution >= 0.6 is 0 Å². The van der Waals surface area contributed by atoms with Crippen LogP contribution in [0.5, 0.6) is 0 Å². The summed E-state index contributed by atoms with van der Waals surface area (Å²) in [5.74, 6) is 5.23. The van der Waals surface area contributed by atoms with Crippen LogP contribution in [0.1, 0.15) is 17.8 Å².